The summed E-state index contributed by atoms with van der Waals surface area (Å²) in [6, 6.07) is 0. The third-order valence-corrected chi connectivity index (χ3v) is 6.01. The van der Waals surface area contributed by atoms with Crippen LogP contribution in [0.15, 0.2) is 0 Å². The largest absolute Gasteiger partial charge is 0.508 e. The molecule has 0 aromatic rings. The molecule has 1 aliphatic carbocycles. The highest BCUT2D eigenvalue weighted by Gasteiger charge is 2.32. The number of carbonyl (C=O) groups excluding carboxylic acids is 2. The second kappa shape index (κ2) is 17.1. The van der Waals surface area contributed by atoms with Gasteiger partial charge in [0, 0.05) is 0 Å². The van der Waals surface area contributed by atoms with E-state index in [1.165, 1.54) is 12.8 Å². The molecule has 1 saturated carbocycles. The highest BCUT2D eigenvalue weighted by molar-refractivity contribution is 5.61. The Labute approximate surface area is 189 Å². The number of hydrogen-bond acceptors (Lipinski definition) is 6. The van der Waals surface area contributed by atoms with Gasteiger partial charge in [0.1, 0.15) is 12.2 Å². The Balaban J connectivity index is 2.27. The molecule has 0 aromatic carbocycles. The van der Waals surface area contributed by atoms with Gasteiger partial charge in [-0.2, -0.15) is 0 Å². The highest BCUT2D eigenvalue weighted by atomic mass is 16.8. The Morgan fingerprint density at radius 1 is 0.806 bits per heavy atom. The molecule has 6 heteroatoms. The van der Waals surface area contributed by atoms with Crippen LogP contribution in [0.4, 0.5) is 9.59 Å². The summed E-state index contributed by atoms with van der Waals surface area (Å²) >= 11 is 0. The minimum atomic E-state index is -0.665. The average Bonchev–Trinajstić information content (AvgIpc) is 2.74. The van der Waals surface area contributed by atoms with Crippen LogP contribution in [0.2, 0.25) is 0 Å². The van der Waals surface area contributed by atoms with Crippen molar-refractivity contribution in [1.82, 2.24) is 0 Å². The topological polar surface area (TPSA) is 71.1 Å². The fourth-order valence-electron chi connectivity index (χ4n) is 3.90. The lowest BCUT2D eigenvalue weighted by atomic mass is 9.95. The van der Waals surface area contributed by atoms with Crippen molar-refractivity contribution in [2.24, 2.45) is 11.8 Å². The molecule has 0 amide bonds. The molecule has 1 rings (SSSR count). The van der Waals surface area contributed by atoms with Gasteiger partial charge in [0.05, 0.1) is 13.2 Å². The van der Waals surface area contributed by atoms with Crippen molar-refractivity contribution in [2.45, 2.75) is 123 Å². The van der Waals surface area contributed by atoms with Gasteiger partial charge < -0.3 is 18.9 Å². The molecule has 0 radical (unpaired) electrons. The zero-order chi connectivity index (χ0) is 22.9. The molecule has 0 heterocycles. The summed E-state index contributed by atoms with van der Waals surface area (Å²) in [6.07, 6.45) is 10.8. The third kappa shape index (κ3) is 13.5. The van der Waals surface area contributed by atoms with E-state index in [9.17, 15) is 9.59 Å². The number of rotatable bonds is 15. The first kappa shape index (κ1) is 27.6. The summed E-state index contributed by atoms with van der Waals surface area (Å²) in [5.74, 6) is 1.11. The van der Waals surface area contributed by atoms with Gasteiger partial charge in [-0.1, -0.05) is 72.6 Å². The molecule has 6 nitrogen and oxygen atoms in total. The summed E-state index contributed by atoms with van der Waals surface area (Å²) in [4.78, 5) is 24.2. The van der Waals surface area contributed by atoms with Crippen molar-refractivity contribution in [3.63, 3.8) is 0 Å². The predicted octanol–water partition coefficient (Wildman–Crippen LogP) is 7.43. The Morgan fingerprint density at radius 3 is 2.00 bits per heavy atom. The van der Waals surface area contributed by atoms with Gasteiger partial charge in [-0.25, -0.2) is 9.59 Å². The van der Waals surface area contributed by atoms with E-state index in [0.29, 0.717) is 32.0 Å². The molecule has 0 spiro atoms. The highest BCUT2D eigenvalue weighted by Crippen LogP contribution is 2.25. The molecule has 1 fully saturated rings. The lowest BCUT2D eigenvalue weighted by molar-refractivity contribution is -0.0730. The van der Waals surface area contributed by atoms with E-state index in [4.69, 9.17) is 18.9 Å². The third-order valence-electron chi connectivity index (χ3n) is 6.01. The molecule has 31 heavy (non-hydrogen) atoms. The second-order valence-electron chi connectivity index (χ2n) is 9.27. The second-order valence-corrected chi connectivity index (χ2v) is 9.27. The van der Waals surface area contributed by atoms with Crippen LogP contribution in [-0.2, 0) is 18.9 Å². The molecule has 0 saturated heterocycles. The molecule has 182 valence electrons. The maximum absolute atomic E-state index is 12.2. The first-order chi connectivity index (χ1) is 15.0. The Kier molecular flexibility index (Phi) is 15.2. The zero-order valence-corrected chi connectivity index (χ0v) is 20.4. The summed E-state index contributed by atoms with van der Waals surface area (Å²) in [5, 5.41) is 0. The molecule has 0 bridgehead atoms. The Morgan fingerprint density at radius 2 is 1.42 bits per heavy atom. The standard InChI is InChI=1S/C25H46O6/c1-5-7-15-21(6-2)19-29-25(27)31-23-17-12-11-16-22(23)30-24(26)28-18-13-9-8-10-14-20(3)4/h20-23H,5-19H2,1-4H3. The van der Waals surface area contributed by atoms with Gasteiger partial charge in [0.25, 0.3) is 0 Å². The minimum absolute atomic E-state index is 0.367. The number of hydrogen-bond donors (Lipinski definition) is 0. The maximum Gasteiger partial charge on any atom is 0.508 e. The number of unbranched alkanes of at least 4 members (excludes halogenated alkanes) is 4. The van der Waals surface area contributed by atoms with E-state index < -0.39 is 24.5 Å². The van der Waals surface area contributed by atoms with Crippen molar-refractivity contribution in [3.05, 3.63) is 0 Å². The minimum Gasteiger partial charge on any atom is -0.434 e. The quantitative estimate of drug-likeness (QED) is 0.194. The molecule has 0 aromatic heterocycles. The van der Waals surface area contributed by atoms with Crippen molar-refractivity contribution >= 4 is 12.3 Å². The summed E-state index contributed by atoms with van der Waals surface area (Å²) in [6.45, 7) is 9.48. The van der Waals surface area contributed by atoms with Crippen LogP contribution in [-0.4, -0.2) is 37.7 Å². The van der Waals surface area contributed by atoms with Crippen molar-refractivity contribution in [1.29, 1.82) is 0 Å². The first-order valence-corrected chi connectivity index (χ1v) is 12.6. The maximum atomic E-state index is 12.2. The molecular formula is C25H46O6. The van der Waals surface area contributed by atoms with Crippen LogP contribution in [0.3, 0.4) is 0 Å². The van der Waals surface area contributed by atoms with Crippen LogP contribution in [0, 0.1) is 11.8 Å². The summed E-state index contributed by atoms with van der Waals surface area (Å²) in [7, 11) is 0. The Hall–Kier alpha value is -1.46. The van der Waals surface area contributed by atoms with E-state index in [1.807, 2.05) is 0 Å². The van der Waals surface area contributed by atoms with Gasteiger partial charge in [0.15, 0.2) is 0 Å². The SMILES string of the molecule is CCCCC(CC)COC(=O)OC1CCCCC1OC(=O)OCCCCCCC(C)C. The van der Waals surface area contributed by atoms with E-state index in [2.05, 4.69) is 27.7 Å². The molecule has 3 unspecified atom stereocenters. The van der Waals surface area contributed by atoms with Gasteiger partial charge in [0.2, 0.25) is 0 Å². The number of carbonyl (C=O) groups is 2. The van der Waals surface area contributed by atoms with E-state index in [0.717, 1.165) is 63.7 Å². The van der Waals surface area contributed by atoms with E-state index >= 15 is 0 Å². The Bertz CT molecular complexity index is 479. The van der Waals surface area contributed by atoms with Crippen LogP contribution < -0.4 is 0 Å². The fraction of sp³-hybridized carbons (Fsp3) is 0.920. The lowest BCUT2D eigenvalue weighted by Crippen LogP contribution is -2.38. The first-order valence-electron chi connectivity index (χ1n) is 12.6. The zero-order valence-electron chi connectivity index (χ0n) is 20.4. The smallest absolute Gasteiger partial charge is 0.434 e. The van der Waals surface area contributed by atoms with Crippen molar-refractivity contribution < 1.29 is 28.5 Å². The fourth-order valence-corrected chi connectivity index (χ4v) is 3.90. The summed E-state index contributed by atoms with van der Waals surface area (Å²) < 4.78 is 21.5. The summed E-state index contributed by atoms with van der Waals surface area (Å²) in [5.41, 5.74) is 0. The molecule has 3 atom stereocenters. The van der Waals surface area contributed by atoms with Crippen LogP contribution in [0.5, 0.6) is 0 Å². The van der Waals surface area contributed by atoms with Gasteiger partial charge in [-0.05, 0) is 50.4 Å². The van der Waals surface area contributed by atoms with Crippen LogP contribution >= 0.6 is 0 Å². The molecule has 0 N–H and O–H groups in total. The normalized spacial score (nSPS) is 19.6. The molecular weight excluding hydrogens is 396 g/mol. The van der Waals surface area contributed by atoms with Crippen molar-refractivity contribution in [3.8, 4) is 0 Å². The lowest BCUT2D eigenvalue weighted by Gasteiger charge is -2.30. The van der Waals surface area contributed by atoms with Gasteiger partial charge >= 0.3 is 12.3 Å². The van der Waals surface area contributed by atoms with Gasteiger partial charge in [-0.3, -0.25) is 0 Å². The van der Waals surface area contributed by atoms with Crippen LogP contribution in [0.1, 0.15) is 111 Å². The van der Waals surface area contributed by atoms with E-state index in [1.54, 1.807) is 0 Å². The predicted molar refractivity (Wildman–Crippen MR) is 122 cm³/mol. The average molecular weight is 443 g/mol. The monoisotopic (exact) mass is 442 g/mol. The van der Waals surface area contributed by atoms with Gasteiger partial charge in [-0.15, -0.1) is 0 Å². The van der Waals surface area contributed by atoms with Crippen LogP contribution in [0.25, 0.3) is 0 Å². The number of ether oxygens (including phenoxy) is 4. The van der Waals surface area contributed by atoms with Crippen molar-refractivity contribution in [2.75, 3.05) is 13.2 Å². The molecule has 0 aliphatic heterocycles. The van der Waals surface area contributed by atoms with E-state index in [-0.39, 0.29) is 0 Å². The molecule has 1 aliphatic rings.